The molecular formula is C22H28F3N7O4. The minimum atomic E-state index is -4.49. The minimum absolute atomic E-state index is 0.106. The monoisotopic (exact) mass is 511 g/mol. The molecule has 1 N–H and O–H groups in total. The molecule has 0 bridgehead atoms. The predicted octanol–water partition coefficient (Wildman–Crippen LogP) is 1.18. The molecule has 1 aromatic rings. The van der Waals surface area contributed by atoms with E-state index in [0.717, 1.165) is 12.4 Å². The van der Waals surface area contributed by atoms with E-state index >= 15 is 0 Å². The Bertz CT molecular complexity index is 1010. The number of rotatable bonds is 9. The highest BCUT2D eigenvalue weighted by Gasteiger charge is 2.32. The van der Waals surface area contributed by atoms with Crippen molar-refractivity contribution in [2.75, 3.05) is 50.8 Å². The van der Waals surface area contributed by atoms with Gasteiger partial charge in [-0.25, -0.2) is 15.4 Å². The zero-order chi connectivity index (χ0) is 26.3. The summed E-state index contributed by atoms with van der Waals surface area (Å²) in [6, 6.07) is 0. The standard InChI is InChI=1S/C22H28F3N7O4/c1-15-17(20(35)29-26-2)3-4-19(34)32(15)10-12-36-11-5-18(33)30-6-8-31(9-7-30)21-27-13-16(14-28-21)22(23,24)25/h13-14H,2-12H2,1H3,(H,29,35). The van der Waals surface area contributed by atoms with E-state index in [9.17, 15) is 27.6 Å². The number of alkyl halides is 3. The summed E-state index contributed by atoms with van der Waals surface area (Å²) in [4.78, 5) is 49.2. The lowest BCUT2D eigenvalue weighted by Gasteiger charge is -2.34. The SMILES string of the molecule is C=NNC(=O)C1=C(C)N(CCOCCC(=O)N2CCN(c3ncc(C(F)(F)F)cn3)CC2)C(=O)CC1. The second kappa shape index (κ2) is 11.9. The summed E-state index contributed by atoms with van der Waals surface area (Å²) in [6.45, 7) is 7.11. The molecule has 0 atom stereocenters. The van der Waals surface area contributed by atoms with Gasteiger partial charge < -0.3 is 19.4 Å². The van der Waals surface area contributed by atoms with E-state index < -0.39 is 17.6 Å². The molecule has 3 rings (SSSR count). The summed E-state index contributed by atoms with van der Waals surface area (Å²) in [5, 5.41) is 3.37. The fourth-order valence-corrected chi connectivity index (χ4v) is 3.97. The molecule has 0 radical (unpaired) electrons. The smallest absolute Gasteiger partial charge is 0.379 e. The number of ether oxygens (including phenoxy) is 1. The minimum Gasteiger partial charge on any atom is -0.379 e. The van der Waals surface area contributed by atoms with Crippen molar-refractivity contribution in [1.29, 1.82) is 0 Å². The van der Waals surface area contributed by atoms with Crippen LogP contribution in [0.4, 0.5) is 19.1 Å². The number of amides is 3. The lowest BCUT2D eigenvalue weighted by Crippen LogP contribution is -2.49. The van der Waals surface area contributed by atoms with Crippen molar-refractivity contribution in [3.05, 3.63) is 29.2 Å². The largest absolute Gasteiger partial charge is 0.419 e. The van der Waals surface area contributed by atoms with Crippen molar-refractivity contribution in [1.82, 2.24) is 25.2 Å². The number of piperazine rings is 1. The Morgan fingerprint density at radius 2 is 1.81 bits per heavy atom. The van der Waals surface area contributed by atoms with Crippen LogP contribution in [0.15, 0.2) is 28.8 Å². The van der Waals surface area contributed by atoms with Crippen LogP contribution in [0, 0.1) is 0 Å². The van der Waals surface area contributed by atoms with Crippen LogP contribution < -0.4 is 10.3 Å². The van der Waals surface area contributed by atoms with Crippen LogP contribution in [0.3, 0.4) is 0 Å². The van der Waals surface area contributed by atoms with Crippen molar-refractivity contribution in [2.24, 2.45) is 5.10 Å². The third kappa shape index (κ3) is 6.77. The predicted molar refractivity (Wildman–Crippen MR) is 123 cm³/mol. The fourth-order valence-electron chi connectivity index (χ4n) is 3.97. The number of nitrogens with zero attached hydrogens (tertiary/aromatic N) is 6. The molecular weight excluding hydrogens is 483 g/mol. The molecule has 36 heavy (non-hydrogen) atoms. The summed E-state index contributed by atoms with van der Waals surface area (Å²) in [6.07, 6.45) is -2.30. The number of carbonyl (C=O) groups is 3. The van der Waals surface area contributed by atoms with Crippen LogP contribution >= 0.6 is 0 Å². The van der Waals surface area contributed by atoms with Gasteiger partial charge in [-0.2, -0.15) is 18.3 Å². The topological polar surface area (TPSA) is 120 Å². The van der Waals surface area contributed by atoms with Gasteiger partial charge in [-0.05, 0) is 13.3 Å². The van der Waals surface area contributed by atoms with E-state index in [-0.39, 0.29) is 50.4 Å². The lowest BCUT2D eigenvalue weighted by atomic mass is 10.0. The zero-order valence-electron chi connectivity index (χ0n) is 19.9. The fraction of sp³-hybridized carbons (Fsp3) is 0.545. The molecule has 1 saturated heterocycles. The first-order chi connectivity index (χ1) is 17.1. The van der Waals surface area contributed by atoms with Crippen LogP contribution in [0.2, 0.25) is 0 Å². The van der Waals surface area contributed by atoms with Gasteiger partial charge in [0.1, 0.15) is 0 Å². The molecule has 1 aromatic heterocycles. The number of aromatic nitrogens is 2. The van der Waals surface area contributed by atoms with Crippen molar-refractivity contribution < 1.29 is 32.3 Å². The quantitative estimate of drug-likeness (QED) is 0.300. The average Bonchev–Trinajstić information content (AvgIpc) is 2.85. The van der Waals surface area contributed by atoms with Crippen molar-refractivity contribution >= 4 is 30.4 Å². The Balaban J connectivity index is 1.38. The molecule has 14 heteroatoms. The number of hydrogen-bond acceptors (Lipinski definition) is 8. The van der Waals surface area contributed by atoms with Crippen LogP contribution in [0.5, 0.6) is 0 Å². The summed E-state index contributed by atoms with van der Waals surface area (Å²) >= 11 is 0. The number of anilines is 1. The van der Waals surface area contributed by atoms with E-state index in [0.29, 0.717) is 43.9 Å². The number of carbonyl (C=O) groups excluding carboxylic acids is 3. The highest BCUT2D eigenvalue weighted by atomic mass is 19.4. The number of hydrogen-bond donors (Lipinski definition) is 1. The van der Waals surface area contributed by atoms with Crippen LogP contribution in [-0.2, 0) is 25.3 Å². The van der Waals surface area contributed by atoms with Gasteiger partial charge in [0.2, 0.25) is 17.8 Å². The maximum absolute atomic E-state index is 12.7. The third-order valence-corrected chi connectivity index (χ3v) is 5.99. The molecule has 2 aliphatic rings. The average molecular weight is 512 g/mol. The van der Waals surface area contributed by atoms with Gasteiger partial charge in [-0.3, -0.25) is 14.4 Å². The molecule has 0 unspecified atom stereocenters. The van der Waals surface area contributed by atoms with Gasteiger partial charge in [0, 0.05) is 69.5 Å². The van der Waals surface area contributed by atoms with Crippen molar-refractivity contribution in [3.63, 3.8) is 0 Å². The summed E-state index contributed by atoms with van der Waals surface area (Å²) < 4.78 is 43.5. The molecule has 196 valence electrons. The number of nitrogens with one attached hydrogen (secondary N) is 1. The van der Waals surface area contributed by atoms with E-state index in [4.69, 9.17) is 4.74 Å². The summed E-state index contributed by atoms with van der Waals surface area (Å²) in [5.74, 6) is -0.415. The molecule has 0 aliphatic carbocycles. The van der Waals surface area contributed by atoms with Gasteiger partial charge in [-0.15, -0.1) is 0 Å². The molecule has 2 aliphatic heterocycles. The first kappa shape index (κ1) is 27.0. The zero-order valence-corrected chi connectivity index (χ0v) is 19.9. The Hall–Kier alpha value is -3.55. The maximum atomic E-state index is 12.7. The van der Waals surface area contributed by atoms with Crippen LogP contribution in [0.1, 0.15) is 31.7 Å². The highest BCUT2D eigenvalue weighted by Crippen LogP contribution is 2.28. The van der Waals surface area contributed by atoms with E-state index in [1.807, 2.05) is 0 Å². The van der Waals surface area contributed by atoms with Crippen molar-refractivity contribution in [2.45, 2.75) is 32.4 Å². The summed E-state index contributed by atoms with van der Waals surface area (Å²) in [7, 11) is 0. The number of hydrazone groups is 1. The van der Waals surface area contributed by atoms with Gasteiger partial charge in [0.15, 0.2) is 0 Å². The Labute approximate surface area is 206 Å². The van der Waals surface area contributed by atoms with E-state index in [1.54, 1.807) is 16.7 Å². The molecule has 1 fully saturated rings. The third-order valence-electron chi connectivity index (χ3n) is 5.99. The molecule has 0 aromatic carbocycles. The molecule has 11 nitrogen and oxygen atoms in total. The number of allylic oxidation sites excluding steroid dienone is 1. The Morgan fingerprint density at radius 3 is 2.42 bits per heavy atom. The first-order valence-corrected chi connectivity index (χ1v) is 11.4. The Morgan fingerprint density at radius 1 is 1.14 bits per heavy atom. The van der Waals surface area contributed by atoms with Crippen molar-refractivity contribution in [3.8, 4) is 0 Å². The second-order valence-electron chi connectivity index (χ2n) is 8.21. The van der Waals surface area contributed by atoms with Gasteiger partial charge in [-0.1, -0.05) is 0 Å². The van der Waals surface area contributed by atoms with E-state index in [2.05, 4.69) is 27.2 Å². The van der Waals surface area contributed by atoms with Crippen LogP contribution in [0.25, 0.3) is 0 Å². The lowest BCUT2D eigenvalue weighted by molar-refractivity contribution is -0.138. The molecule has 0 saturated carbocycles. The van der Waals surface area contributed by atoms with Gasteiger partial charge >= 0.3 is 6.18 Å². The molecule has 0 spiro atoms. The second-order valence-corrected chi connectivity index (χ2v) is 8.21. The van der Waals surface area contributed by atoms with Gasteiger partial charge in [0.05, 0.1) is 25.2 Å². The maximum Gasteiger partial charge on any atom is 0.419 e. The summed E-state index contributed by atoms with van der Waals surface area (Å²) in [5.41, 5.74) is 2.38. The Kier molecular flexibility index (Phi) is 8.96. The first-order valence-electron chi connectivity index (χ1n) is 11.4. The van der Waals surface area contributed by atoms with Gasteiger partial charge in [0.25, 0.3) is 5.91 Å². The molecule has 3 heterocycles. The number of halogens is 3. The molecule has 3 amide bonds. The van der Waals surface area contributed by atoms with E-state index in [1.165, 1.54) is 4.90 Å². The highest BCUT2D eigenvalue weighted by molar-refractivity contribution is 5.97. The van der Waals surface area contributed by atoms with Crippen LogP contribution in [-0.4, -0.2) is 90.1 Å². The normalized spacial score (nSPS) is 16.9.